The Hall–Kier alpha value is -1.82. The lowest BCUT2D eigenvalue weighted by Gasteiger charge is -2.09. The molecular formula is C13H14N2O. The number of nitriles is 1. The van der Waals surface area contributed by atoms with E-state index in [2.05, 4.69) is 12.2 Å². The number of benzene rings is 1. The molecule has 16 heavy (non-hydrogen) atoms. The molecule has 0 aromatic heterocycles. The molecule has 0 spiro atoms. The van der Waals surface area contributed by atoms with Crippen LogP contribution >= 0.6 is 0 Å². The lowest BCUT2D eigenvalue weighted by molar-refractivity contribution is 0.0946. The van der Waals surface area contributed by atoms with Gasteiger partial charge in [-0.1, -0.05) is 6.92 Å². The van der Waals surface area contributed by atoms with Gasteiger partial charge in [-0.3, -0.25) is 4.79 Å². The summed E-state index contributed by atoms with van der Waals surface area (Å²) in [7, 11) is 0. The van der Waals surface area contributed by atoms with E-state index in [-0.39, 0.29) is 5.91 Å². The van der Waals surface area contributed by atoms with Gasteiger partial charge in [0.05, 0.1) is 11.6 Å². The highest BCUT2D eigenvalue weighted by molar-refractivity contribution is 5.94. The molecule has 0 unspecified atom stereocenters. The number of carbonyl (C=O) groups excluding carboxylic acids is 1. The molecule has 2 rings (SSSR count). The standard InChI is InChI=1S/C13H14N2O/c1-13(6-7-13)9-15-12(16)11-4-2-10(8-14)3-5-11/h2-5H,6-7,9H2,1H3,(H,15,16). The van der Waals surface area contributed by atoms with Gasteiger partial charge in [0, 0.05) is 12.1 Å². The van der Waals surface area contributed by atoms with E-state index in [1.54, 1.807) is 24.3 Å². The van der Waals surface area contributed by atoms with Crippen molar-refractivity contribution in [2.24, 2.45) is 5.41 Å². The van der Waals surface area contributed by atoms with Crippen LogP contribution < -0.4 is 5.32 Å². The van der Waals surface area contributed by atoms with Crippen molar-refractivity contribution < 1.29 is 4.79 Å². The minimum atomic E-state index is -0.0578. The fourth-order valence-corrected chi connectivity index (χ4v) is 1.48. The maximum Gasteiger partial charge on any atom is 0.251 e. The van der Waals surface area contributed by atoms with E-state index in [0.717, 1.165) is 6.54 Å². The number of amides is 1. The summed E-state index contributed by atoms with van der Waals surface area (Å²) < 4.78 is 0. The third kappa shape index (κ3) is 2.40. The number of rotatable bonds is 3. The SMILES string of the molecule is CC1(CNC(=O)c2ccc(C#N)cc2)CC1. The molecule has 1 aromatic rings. The topological polar surface area (TPSA) is 52.9 Å². The van der Waals surface area contributed by atoms with Gasteiger partial charge >= 0.3 is 0 Å². The first kappa shape index (κ1) is 10.7. The first-order chi connectivity index (χ1) is 7.63. The first-order valence-electron chi connectivity index (χ1n) is 5.41. The van der Waals surface area contributed by atoms with E-state index in [9.17, 15) is 4.79 Å². The number of hydrogen-bond acceptors (Lipinski definition) is 2. The van der Waals surface area contributed by atoms with Crippen molar-refractivity contribution in [1.82, 2.24) is 5.32 Å². The van der Waals surface area contributed by atoms with Crippen molar-refractivity contribution >= 4 is 5.91 Å². The molecule has 0 saturated heterocycles. The summed E-state index contributed by atoms with van der Waals surface area (Å²) in [6.07, 6.45) is 2.39. The maximum absolute atomic E-state index is 11.7. The van der Waals surface area contributed by atoms with Gasteiger partial charge in [-0.15, -0.1) is 0 Å². The van der Waals surface area contributed by atoms with Crippen LogP contribution in [0.4, 0.5) is 0 Å². The Bertz CT molecular complexity index is 438. The highest BCUT2D eigenvalue weighted by Crippen LogP contribution is 2.44. The number of hydrogen-bond donors (Lipinski definition) is 1. The summed E-state index contributed by atoms with van der Waals surface area (Å²) in [6, 6.07) is 8.72. The van der Waals surface area contributed by atoms with Gasteiger partial charge in [0.15, 0.2) is 0 Å². The molecule has 1 saturated carbocycles. The van der Waals surface area contributed by atoms with Crippen LogP contribution in [-0.4, -0.2) is 12.5 Å². The summed E-state index contributed by atoms with van der Waals surface area (Å²) in [6.45, 7) is 2.91. The van der Waals surface area contributed by atoms with Crippen molar-refractivity contribution in [2.45, 2.75) is 19.8 Å². The van der Waals surface area contributed by atoms with Gasteiger partial charge in [0.1, 0.15) is 0 Å². The highest BCUT2D eigenvalue weighted by atomic mass is 16.1. The van der Waals surface area contributed by atoms with Crippen LogP contribution in [0, 0.1) is 16.7 Å². The fraction of sp³-hybridized carbons (Fsp3) is 0.385. The largest absolute Gasteiger partial charge is 0.351 e. The zero-order valence-corrected chi connectivity index (χ0v) is 9.29. The third-order valence-electron chi connectivity index (χ3n) is 3.06. The van der Waals surface area contributed by atoms with Gasteiger partial charge in [0.25, 0.3) is 5.91 Å². The van der Waals surface area contributed by atoms with Gasteiger partial charge in [-0.2, -0.15) is 5.26 Å². The van der Waals surface area contributed by atoms with Gasteiger partial charge < -0.3 is 5.32 Å². The molecule has 1 aromatic carbocycles. The first-order valence-corrected chi connectivity index (χ1v) is 5.41. The van der Waals surface area contributed by atoms with Crippen molar-refractivity contribution in [3.8, 4) is 6.07 Å². The van der Waals surface area contributed by atoms with Crippen molar-refractivity contribution in [3.63, 3.8) is 0 Å². The van der Waals surface area contributed by atoms with E-state index >= 15 is 0 Å². The van der Waals surface area contributed by atoms with Crippen LogP contribution in [0.25, 0.3) is 0 Å². The normalized spacial score (nSPS) is 16.2. The Morgan fingerprint density at radius 2 is 2.06 bits per heavy atom. The van der Waals surface area contributed by atoms with Crippen molar-refractivity contribution in [1.29, 1.82) is 5.26 Å². The maximum atomic E-state index is 11.7. The lowest BCUT2D eigenvalue weighted by Crippen LogP contribution is -2.28. The molecule has 1 fully saturated rings. The summed E-state index contributed by atoms with van der Waals surface area (Å²) in [5.74, 6) is -0.0578. The molecule has 0 atom stereocenters. The van der Waals surface area contributed by atoms with E-state index in [4.69, 9.17) is 5.26 Å². The second-order valence-electron chi connectivity index (χ2n) is 4.68. The number of carbonyl (C=O) groups is 1. The van der Waals surface area contributed by atoms with E-state index in [1.807, 2.05) is 6.07 Å². The molecule has 3 heteroatoms. The molecule has 3 nitrogen and oxygen atoms in total. The predicted molar refractivity (Wildman–Crippen MR) is 60.8 cm³/mol. The van der Waals surface area contributed by atoms with E-state index in [1.165, 1.54) is 12.8 Å². The minimum absolute atomic E-state index is 0.0578. The molecule has 0 aliphatic heterocycles. The van der Waals surface area contributed by atoms with Crippen LogP contribution in [-0.2, 0) is 0 Å². The number of nitrogens with zero attached hydrogens (tertiary/aromatic N) is 1. The summed E-state index contributed by atoms with van der Waals surface area (Å²) in [4.78, 5) is 11.7. The van der Waals surface area contributed by atoms with Crippen molar-refractivity contribution in [2.75, 3.05) is 6.54 Å². The molecule has 1 N–H and O–H groups in total. The molecular weight excluding hydrogens is 200 g/mol. The zero-order valence-electron chi connectivity index (χ0n) is 9.29. The van der Waals surface area contributed by atoms with E-state index < -0.39 is 0 Å². The Kier molecular flexibility index (Phi) is 2.66. The monoisotopic (exact) mass is 214 g/mol. The zero-order chi connectivity index (χ0) is 11.6. The average Bonchev–Trinajstić information content (AvgIpc) is 3.05. The van der Waals surface area contributed by atoms with Crippen LogP contribution in [0.15, 0.2) is 24.3 Å². The van der Waals surface area contributed by atoms with Crippen LogP contribution in [0.5, 0.6) is 0 Å². The number of nitrogens with one attached hydrogen (secondary N) is 1. The smallest absolute Gasteiger partial charge is 0.251 e. The van der Waals surface area contributed by atoms with Gasteiger partial charge in [0.2, 0.25) is 0 Å². The lowest BCUT2D eigenvalue weighted by atomic mass is 10.1. The average molecular weight is 214 g/mol. The highest BCUT2D eigenvalue weighted by Gasteiger charge is 2.37. The molecule has 0 bridgehead atoms. The van der Waals surface area contributed by atoms with Crippen molar-refractivity contribution in [3.05, 3.63) is 35.4 Å². The second kappa shape index (κ2) is 3.97. The Balaban J connectivity index is 1.95. The quantitative estimate of drug-likeness (QED) is 0.837. The Morgan fingerprint density at radius 3 is 2.56 bits per heavy atom. The molecule has 82 valence electrons. The summed E-state index contributed by atoms with van der Waals surface area (Å²) in [5, 5.41) is 11.6. The molecule has 1 aliphatic carbocycles. The van der Waals surface area contributed by atoms with Crippen LogP contribution in [0.1, 0.15) is 35.7 Å². The molecule has 1 aliphatic rings. The van der Waals surface area contributed by atoms with Crippen LogP contribution in [0.3, 0.4) is 0 Å². The minimum Gasteiger partial charge on any atom is -0.351 e. The molecule has 0 heterocycles. The van der Waals surface area contributed by atoms with Crippen LogP contribution in [0.2, 0.25) is 0 Å². The van der Waals surface area contributed by atoms with Gasteiger partial charge in [-0.25, -0.2) is 0 Å². The summed E-state index contributed by atoms with van der Waals surface area (Å²) in [5.41, 5.74) is 1.51. The Morgan fingerprint density at radius 1 is 1.44 bits per heavy atom. The fourth-order valence-electron chi connectivity index (χ4n) is 1.48. The second-order valence-corrected chi connectivity index (χ2v) is 4.68. The Labute approximate surface area is 95.1 Å². The summed E-state index contributed by atoms with van der Waals surface area (Å²) >= 11 is 0. The van der Waals surface area contributed by atoms with E-state index in [0.29, 0.717) is 16.5 Å². The molecule has 0 radical (unpaired) electrons. The van der Waals surface area contributed by atoms with Gasteiger partial charge in [-0.05, 0) is 42.5 Å². The molecule has 1 amide bonds. The third-order valence-corrected chi connectivity index (χ3v) is 3.06. The predicted octanol–water partition coefficient (Wildman–Crippen LogP) is 2.09.